The number of methoxy groups -OCH3 is 1. The molecule has 2 N–H and O–H groups in total. The third kappa shape index (κ3) is 2.33. The van der Waals surface area contributed by atoms with E-state index >= 15 is 0 Å². The van der Waals surface area contributed by atoms with Gasteiger partial charge in [0, 0.05) is 17.8 Å². The second-order valence-corrected chi connectivity index (χ2v) is 4.43. The molecule has 0 saturated carbocycles. The number of carbonyl (C=O) groups is 1. The van der Waals surface area contributed by atoms with Gasteiger partial charge in [0.05, 0.1) is 12.5 Å². The number of carbonyl (C=O) groups excluding carboxylic acids is 1. The topological polar surface area (TPSA) is 65.2 Å². The lowest BCUT2D eigenvalue weighted by Gasteiger charge is -2.29. The fourth-order valence-corrected chi connectivity index (χ4v) is 1.65. The first-order valence-electron chi connectivity index (χ1n) is 4.85. The van der Waals surface area contributed by atoms with Crippen molar-refractivity contribution in [1.82, 2.24) is 4.98 Å². The van der Waals surface area contributed by atoms with Crippen LogP contribution in [0.3, 0.4) is 0 Å². The third-order valence-electron chi connectivity index (χ3n) is 2.61. The summed E-state index contributed by atoms with van der Waals surface area (Å²) in [5, 5.41) is 0.312. The van der Waals surface area contributed by atoms with Crippen LogP contribution in [-0.2, 0) is 9.53 Å². The van der Waals surface area contributed by atoms with Crippen molar-refractivity contribution in [2.75, 3.05) is 7.11 Å². The van der Waals surface area contributed by atoms with Crippen LogP contribution >= 0.6 is 11.6 Å². The van der Waals surface area contributed by atoms with Crippen molar-refractivity contribution in [2.45, 2.75) is 19.9 Å². The molecule has 0 aromatic carbocycles. The lowest BCUT2D eigenvalue weighted by Crippen LogP contribution is -2.37. The highest BCUT2D eigenvalue weighted by molar-refractivity contribution is 6.30. The van der Waals surface area contributed by atoms with E-state index in [9.17, 15) is 4.79 Å². The molecule has 0 bridgehead atoms. The summed E-state index contributed by atoms with van der Waals surface area (Å²) in [5.74, 6) is -0.375. The van der Waals surface area contributed by atoms with Gasteiger partial charge in [0.25, 0.3) is 0 Å². The average molecular weight is 243 g/mol. The Balaban J connectivity index is 3.07. The van der Waals surface area contributed by atoms with E-state index in [1.807, 2.05) is 0 Å². The number of rotatable bonds is 3. The Hall–Kier alpha value is -1.13. The van der Waals surface area contributed by atoms with Gasteiger partial charge >= 0.3 is 5.97 Å². The number of nitrogens with zero attached hydrogens (tertiary/aromatic N) is 1. The van der Waals surface area contributed by atoms with E-state index in [1.54, 1.807) is 32.2 Å². The summed E-state index contributed by atoms with van der Waals surface area (Å²) in [7, 11) is 1.33. The van der Waals surface area contributed by atoms with E-state index in [1.165, 1.54) is 7.11 Å². The molecule has 0 amide bonds. The molecule has 0 unspecified atom stereocenters. The third-order valence-corrected chi connectivity index (χ3v) is 2.93. The molecule has 4 nitrogen and oxygen atoms in total. The van der Waals surface area contributed by atoms with Crippen molar-refractivity contribution in [3.05, 3.63) is 29.0 Å². The van der Waals surface area contributed by atoms with Crippen LogP contribution in [0.2, 0.25) is 5.15 Å². The minimum atomic E-state index is -0.846. The molecule has 5 heteroatoms. The van der Waals surface area contributed by atoms with Crippen LogP contribution in [0.25, 0.3) is 0 Å². The molecule has 1 rings (SSSR count). The molecule has 0 fully saturated rings. The summed E-state index contributed by atoms with van der Waals surface area (Å²) in [6.07, 6.45) is 1.57. The first-order valence-corrected chi connectivity index (χ1v) is 5.23. The maximum atomic E-state index is 11.6. The minimum Gasteiger partial charge on any atom is -0.469 e. The molecular formula is C11H15ClN2O2. The lowest BCUT2D eigenvalue weighted by atomic mass is 9.81. The van der Waals surface area contributed by atoms with Crippen molar-refractivity contribution >= 4 is 17.6 Å². The molecule has 0 aliphatic rings. The predicted molar refractivity (Wildman–Crippen MR) is 62.0 cm³/mol. The first kappa shape index (κ1) is 12.9. The van der Waals surface area contributed by atoms with Gasteiger partial charge in [-0.15, -0.1) is 0 Å². The Morgan fingerprint density at radius 3 is 2.75 bits per heavy atom. The van der Waals surface area contributed by atoms with Gasteiger partial charge in [-0.2, -0.15) is 0 Å². The number of nitrogens with two attached hydrogens (primary N) is 1. The second kappa shape index (κ2) is 4.80. The largest absolute Gasteiger partial charge is 0.469 e. The van der Waals surface area contributed by atoms with E-state index in [0.29, 0.717) is 10.7 Å². The Morgan fingerprint density at radius 2 is 2.25 bits per heavy atom. The van der Waals surface area contributed by atoms with Gasteiger partial charge in [-0.1, -0.05) is 17.7 Å². The van der Waals surface area contributed by atoms with Crippen LogP contribution in [0.15, 0.2) is 18.3 Å². The Labute approximate surface area is 99.8 Å². The highest BCUT2D eigenvalue weighted by Gasteiger charge is 2.37. The van der Waals surface area contributed by atoms with Gasteiger partial charge in [-0.3, -0.25) is 4.79 Å². The van der Waals surface area contributed by atoms with Crippen molar-refractivity contribution in [2.24, 2.45) is 11.1 Å². The Morgan fingerprint density at radius 1 is 1.62 bits per heavy atom. The van der Waals surface area contributed by atoms with Crippen LogP contribution in [-0.4, -0.2) is 18.1 Å². The molecule has 16 heavy (non-hydrogen) atoms. The van der Waals surface area contributed by atoms with Gasteiger partial charge in [-0.05, 0) is 19.9 Å². The van der Waals surface area contributed by atoms with Crippen molar-refractivity contribution in [3.63, 3.8) is 0 Å². The zero-order chi connectivity index (χ0) is 12.3. The fraction of sp³-hybridized carbons (Fsp3) is 0.455. The van der Waals surface area contributed by atoms with E-state index in [0.717, 1.165) is 0 Å². The smallest absolute Gasteiger partial charge is 0.313 e. The molecule has 0 radical (unpaired) electrons. The zero-order valence-corrected chi connectivity index (χ0v) is 10.3. The molecule has 1 aromatic heterocycles. The van der Waals surface area contributed by atoms with Gasteiger partial charge in [0.1, 0.15) is 5.15 Å². The Bertz CT molecular complexity index is 393. The normalized spacial score (nSPS) is 13.3. The monoisotopic (exact) mass is 242 g/mol. The maximum absolute atomic E-state index is 11.6. The average Bonchev–Trinajstić information content (AvgIpc) is 2.27. The number of hydrogen-bond acceptors (Lipinski definition) is 4. The molecule has 1 atom stereocenters. The summed E-state index contributed by atoms with van der Waals surface area (Å²) < 4.78 is 4.72. The zero-order valence-electron chi connectivity index (χ0n) is 9.53. The van der Waals surface area contributed by atoms with Gasteiger partial charge < -0.3 is 10.5 Å². The highest BCUT2D eigenvalue weighted by Crippen LogP contribution is 2.34. The highest BCUT2D eigenvalue weighted by atomic mass is 35.5. The number of hydrogen-bond donors (Lipinski definition) is 1. The van der Waals surface area contributed by atoms with E-state index in [2.05, 4.69) is 4.98 Å². The van der Waals surface area contributed by atoms with Crippen molar-refractivity contribution in [3.8, 4) is 0 Å². The maximum Gasteiger partial charge on any atom is 0.313 e. The van der Waals surface area contributed by atoms with Crippen LogP contribution in [0.1, 0.15) is 25.5 Å². The van der Waals surface area contributed by atoms with Crippen LogP contribution in [0.4, 0.5) is 0 Å². The summed E-state index contributed by atoms with van der Waals surface area (Å²) in [4.78, 5) is 15.5. The summed E-state index contributed by atoms with van der Waals surface area (Å²) in [6.45, 7) is 3.43. The SMILES string of the molecule is COC(=O)C(C)(C)[C@@H](N)c1cccnc1Cl. The molecule has 0 saturated heterocycles. The minimum absolute atomic E-state index is 0.312. The summed E-state index contributed by atoms with van der Waals surface area (Å²) in [5.41, 5.74) is 5.82. The summed E-state index contributed by atoms with van der Waals surface area (Å²) >= 11 is 5.93. The van der Waals surface area contributed by atoms with Gasteiger partial charge in [0.2, 0.25) is 0 Å². The van der Waals surface area contributed by atoms with E-state index < -0.39 is 11.5 Å². The van der Waals surface area contributed by atoms with Crippen LogP contribution < -0.4 is 5.73 Å². The molecule has 1 heterocycles. The van der Waals surface area contributed by atoms with Crippen molar-refractivity contribution < 1.29 is 9.53 Å². The van der Waals surface area contributed by atoms with E-state index in [-0.39, 0.29) is 5.97 Å². The number of ether oxygens (including phenoxy) is 1. The standard InChI is InChI=1S/C11H15ClN2O2/c1-11(2,10(15)16-3)8(13)7-5-4-6-14-9(7)12/h4-6,8H,13H2,1-3H3/t8-/m0/s1. The van der Waals surface area contributed by atoms with Crippen LogP contribution in [0.5, 0.6) is 0 Å². The summed E-state index contributed by atoms with van der Waals surface area (Å²) in [6, 6.07) is 2.93. The number of esters is 1. The number of aromatic nitrogens is 1. The first-order chi connectivity index (χ1) is 7.41. The molecule has 0 aliphatic heterocycles. The molecule has 0 aliphatic carbocycles. The predicted octanol–water partition coefficient (Wildman–Crippen LogP) is 1.93. The number of halogens is 1. The quantitative estimate of drug-likeness (QED) is 0.650. The Kier molecular flexibility index (Phi) is 3.88. The molecule has 88 valence electrons. The lowest BCUT2D eigenvalue weighted by molar-refractivity contribution is -0.152. The van der Waals surface area contributed by atoms with E-state index in [4.69, 9.17) is 22.1 Å². The molecular weight excluding hydrogens is 228 g/mol. The van der Waals surface area contributed by atoms with Gasteiger partial charge in [0.15, 0.2) is 0 Å². The second-order valence-electron chi connectivity index (χ2n) is 4.07. The van der Waals surface area contributed by atoms with Gasteiger partial charge in [-0.25, -0.2) is 4.98 Å². The number of pyridine rings is 1. The van der Waals surface area contributed by atoms with Crippen LogP contribution in [0, 0.1) is 5.41 Å². The van der Waals surface area contributed by atoms with Crippen molar-refractivity contribution in [1.29, 1.82) is 0 Å². The fourth-order valence-electron chi connectivity index (χ4n) is 1.41. The molecule has 1 aromatic rings. The molecule has 0 spiro atoms.